The molecular weight excluding hydrogens is 715 g/mol. The molecule has 8 nitrogen and oxygen atoms in total. The summed E-state index contributed by atoms with van der Waals surface area (Å²) in [6, 6.07) is 15.4. The summed E-state index contributed by atoms with van der Waals surface area (Å²) in [6.45, 7) is 4.21. The fraction of sp³-hybridized carbons (Fsp3) is 0.265. The molecule has 240 valence electrons. The number of hydrogen-bond acceptors (Lipinski definition) is 8. The second-order valence-electron chi connectivity index (χ2n) is 10.2. The molecule has 4 aromatic rings. The minimum absolute atomic E-state index is 0.184. The van der Waals surface area contributed by atoms with Crippen LogP contribution in [0.25, 0.3) is 6.08 Å². The lowest BCUT2D eigenvalue weighted by Crippen LogP contribution is -2.40. The Kier molecular flexibility index (Phi) is 10.9. The fourth-order valence-electron chi connectivity index (χ4n) is 5.17. The van der Waals surface area contributed by atoms with E-state index in [-0.39, 0.29) is 18.8 Å². The number of allylic oxidation sites excluding steroid dienone is 1. The number of thiazole rings is 1. The number of nitrogens with zero attached hydrogens (tertiary/aromatic N) is 2. The van der Waals surface area contributed by atoms with Crippen molar-refractivity contribution in [3.63, 3.8) is 0 Å². The summed E-state index contributed by atoms with van der Waals surface area (Å²) in [6.07, 6.45) is 3.06. The van der Waals surface area contributed by atoms with Crippen LogP contribution in [-0.2, 0) is 16.1 Å². The third kappa shape index (κ3) is 7.05. The maximum Gasteiger partial charge on any atom is 0.338 e. The second kappa shape index (κ2) is 14.9. The molecule has 0 aliphatic carbocycles. The first kappa shape index (κ1) is 33.8. The Labute approximate surface area is 288 Å². The standard InChI is InChI=1S/C34H31BrCl2N2O6S/c1-5-7-25-30(33(41)44-6-2)31(22-17-21(35)10-13-26(22)42-3)39-32(40)29(46-34(39)38-25)16-19-9-12-27(28(15-19)43-4)45-18-20-8-11-23(36)24(37)14-20/h8-17,31H,5-7,18H2,1-4H3/b29-16+/t31-/m1/s1. The van der Waals surface area contributed by atoms with Crippen LogP contribution in [0, 0.1) is 0 Å². The second-order valence-corrected chi connectivity index (χ2v) is 13.0. The molecule has 0 radical (unpaired) electrons. The molecule has 1 aromatic heterocycles. The molecule has 12 heteroatoms. The van der Waals surface area contributed by atoms with Gasteiger partial charge in [0.15, 0.2) is 16.3 Å². The molecule has 1 aliphatic rings. The van der Waals surface area contributed by atoms with E-state index in [9.17, 15) is 9.59 Å². The average Bonchev–Trinajstić information content (AvgIpc) is 3.35. The van der Waals surface area contributed by atoms with Crippen LogP contribution in [0.1, 0.15) is 49.4 Å². The predicted octanol–water partition coefficient (Wildman–Crippen LogP) is 7.24. The number of fused-ring (bicyclic) bond motifs is 1. The van der Waals surface area contributed by atoms with Gasteiger partial charge in [-0.1, -0.05) is 75.9 Å². The number of carbonyl (C=O) groups excluding carboxylic acids is 1. The Hall–Kier alpha value is -3.57. The van der Waals surface area contributed by atoms with Gasteiger partial charge in [0.2, 0.25) is 0 Å². The van der Waals surface area contributed by atoms with E-state index in [1.54, 1.807) is 62.1 Å². The summed E-state index contributed by atoms with van der Waals surface area (Å²) in [7, 11) is 3.11. The summed E-state index contributed by atoms with van der Waals surface area (Å²) in [5.74, 6) is 1.03. The molecule has 1 aliphatic heterocycles. The Balaban J connectivity index is 1.60. The number of benzene rings is 3. The van der Waals surface area contributed by atoms with Crippen molar-refractivity contribution in [3.05, 3.63) is 117 Å². The van der Waals surface area contributed by atoms with Gasteiger partial charge in [-0.3, -0.25) is 9.36 Å². The van der Waals surface area contributed by atoms with Crippen molar-refractivity contribution < 1.29 is 23.7 Å². The lowest BCUT2D eigenvalue weighted by atomic mass is 9.93. The van der Waals surface area contributed by atoms with E-state index in [0.29, 0.717) is 59.9 Å². The summed E-state index contributed by atoms with van der Waals surface area (Å²) >= 11 is 17.0. The van der Waals surface area contributed by atoms with Crippen LogP contribution in [0.3, 0.4) is 0 Å². The highest BCUT2D eigenvalue weighted by atomic mass is 79.9. The third-order valence-corrected chi connectivity index (χ3v) is 9.46. The highest BCUT2D eigenvalue weighted by Gasteiger charge is 2.36. The minimum atomic E-state index is -0.807. The zero-order chi connectivity index (χ0) is 33.0. The molecule has 0 unspecified atom stereocenters. The quantitative estimate of drug-likeness (QED) is 0.151. The molecule has 0 N–H and O–H groups in total. The molecule has 0 spiro atoms. The van der Waals surface area contributed by atoms with E-state index < -0.39 is 12.0 Å². The molecule has 0 bridgehead atoms. The van der Waals surface area contributed by atoms with Crippen LogP contribution >= 0.6 is 50.5 Å². The van der Waals surface area contributed by atoms with Gasteiger partial charge in [-0.05, 0) is 73.0 Å². The topological polar surface area (TPSA) is 88.4 Å². The number of rotatable bonds is 11. The molecule has 46 heavy (non-hydrogen) atoms. The van der Waals surface area contributed by atoms with Crippen molar-refractivity contribution in [1.82, 2.24) is 4.57 Å². The largest absolute Gasteiger partial charge is 0.496 e. The number of hydrogen-bond donors (Lipinski definition) is 0. The third-order valence-electron chi connectivity index (χ3n) is 7.24. The van der Waals surface area contributed by atoms with Crippen molar-refractivity contribution in [1.29, 1.82) is 0 Å². The first-order valence-corrected chi connectivity index (χ1v) is 16.9. The molecule has 5 rings (SSSR count). The summed E-state index contributed by atoms with van der Waals surface area (Å²) in [5, 5.41) is 0.918. The van der Waals surface area contributed by atoms with Crippen LogP contribution in [0.15, 0.2) is 80.1 Å². The van der Waals surface area contributed by atoms with Crippen molar-refractivity contribution in [2.24, 2.45) is 4.99 Å². The SMILES string of the molecule is CCCC1=C(C(=O)OCC)[C@@H](c2cc(Br)ccc2OC)n2c(s/c(=C/c3ccc(OCc4ccc(Cl)c(Cl)c4)c(OC)c3)c2=O)=N1. The lowest BCUT2D eigenvalue weighted by molar-refractivity contribution is -0.139. The Bertz CT molecular complexity index is 2010. The molecule has 0 fully saturated rings. The molecule has 0 amide bonds. The van der Waals surface area contributed by atoms with Gasteiger partial charge in [0.25, 0.3) is 5.56 Å². The van der Waals surface area contributed by atoms with Gasteiger partial charge in [-0.2, -0.15) is 0 Å². The van der Waals surface area contributed by atoms with Crippen molar-refractivity contribution in [2.45, 2.75) is 39.3 Å². The molecular formula is C34H31BrCl2N2O6S. The van der Waals surface area contributed by atoms with E-state index in [1.165, 1.54) is 11.3 Å². The van der Waals surface area contributed by atoms with Gasteiger partial charge in [0.05, 0.1) is 46.7 Å². The van der Waals surface area contributed by atoms with Gasteiger partial charge >= 0.3 is 5.97 Å². The smallest absolute Gasteiger partial charge is 0.338 e. The van der Waals surface area contributed by atoms with Gasteiger partial charge in [-0.25, -0.2) is 9.79 Å². The van der Waals surface area contributed by atoms with Crippen molar-refractivity contribution in [3.8, 4) is 17.2 Å². The predicted molar refractivity (Wildman–Crippen MR) is 184 cm³/mol. The monoisotopic (exact) mass is 744 g/mol. The number of methoxy groups -OCH3 is 2. The molecule has 1 atom stereocenters. The van der Waals surface area contributed by atoms with Gasteiger partial charge in [0, 0.05) is 10.0 Å². The zero-order valence-corrected chi connectivity index (χ0v) is 29.5. The maximum absolute atomic E-state index is 14.2. The molecule has 3 aromatic carbocycles. The number of halogens is 3. The van der Waals surface area contributed by atoms with E-state index in [0.717, 1.165) is 22.0 Å². The highest BCUT2D eigenvalue weighted by Crippen LogP contribution is 2.38. The average molecular weight is 747 g/mol. The summed E-state index contributed by atoms with van der Waals surface area (Å²) in [4.78, 5) is 33.0. The number of ether oxygens (including phenoxy) is 4. The fourth-order valence-corrected chi connectivity index (χ4v) is 6.89. The van der Waals surface area contributed by atoms with E-state index in [4.69, 9.17) is 47.1 Å². The normalized spacial score (nSPS) is 14.5. The van der Waals surface area contributed by atoms with Gasteiger partial charge in [-0.15, -0.1) is 0 Å². The van der Waals surface area contributed by atoms with E-state index in [2.05, 4.69) is 15.9 Å². The summed E-state index contributed by atoms with van der Waals surface area (Å²) in [5.41, 5.74) is 2.82. The first-order chi connectivity index (χ1) is 22.2. The van der Waals surface area contributed by atoms with Crippen LogP contribution in [0.5, 0.6) is 17.2 Å². The van der Waals surface area contributed by atoms with E-state index in [1.807, 2.05) is 31.2 Å². The van der Waals surface area contributed by atoms with Crippen LogP contribution in [-0.4, -0.2) is 31.4 Å². The van der Waals surface area contributed by atoms with E-state index >= 15 is 0 Å². The lowest BCUT2D eigenvalue weighted by Gasteiger charge is -2.27. The Morgan fingerprint density at radius 2 is 1.76 bits per heavy atom. The number of carbonyl (C=O) groups is 1. The zero-order valence-electron chi connectivity index (χ0n) is 25.6. The Morgan fingerprint density at radius 3 is 2.46 bits per heavy atom. The first-order valence-electron chi connectivity index (χ1n) is 14.5. The van der Waals surface area contributed by atoms with Crippen LogP contribution < -0.4 is 29.1 Å². The van der Waals surface area contributed by atoms with Crippen molar-refractivity contribution in [2.75, 3.05) is 20.8 Å². The summed E-state index contributed by atoms with van der Waals surface area (Å²) < 4.78 is 25.6. The molecule has 0 saturated heterocycles. The molecule has 0 saturated carbocycles. The van der Waals surface area contributed by atoms with Crippen molar-refractivity contribution >= 4 is 62.5 Å². The van der Waals surface area contributed by atoms with Crippen LogP contribution in [0.2, 0.25) is 10.0 Å². The van der Waals surface area contributed by atoms with Gasteiger partial charge in [0.1, 0.15) is 18.4 Å². The van der Waals surface area contributed by atoms with Crippen LogP contribution in [0.4, 0.5) is 0 Å². The highest BCUT2D eigenvalue weighted by molar-refractivity contribution is 9.10. The van der Waals surface area contributed by atoms with Gasteiger partial charge < -0.3 is 18.9 Å². The number of aromatic nitrogens is 1. The Morgan fingerprint density at radius 1 is 1.00 bits per heavy atom. The molecule has 2 heterocycles. The minimum Gasteiger partial charge on any atom is -0.496 e. The maximum atomic E-state index is 14.2. The number of esters is 1.